The predicted octanol–water partition coefficient (Wildman–Crippen LogP) is 2.25. The molecule has 0 bridgehead atoms. The maximum atomic E-state index is 12.1. The monoisotopic (exact) mass is 259 g/mol. The zero-order chi connectivity index (χ0) is 13.9. The fraction of sp³-hybridized carbons (Fsp3) is 0.467. The first-order valence-corrected chi connectivity index (χ1v) is 6.76. The Morgan fingerprint density at radius 2 is 2.05 bits per heavy atom. The molecule has 0 aliphatic carbocycles. The third-order valence-electron chi connectivity index (χ3n) is 3.75. The van der Waals surface area contributed by atoms with Crippen LogP contribution in [0, 0.1) is 0 Å². The summed E-state index contributed by atoms with van der Waals surface area (Å²) >= 11 is 0. The summed E-state index contributed by atoms with van der Waals surface area (Å²) < 4.78 is 0. The highest BCUT2D eigenvalue weighted by atomic mass is 16.2. The minimum atomic E-state index is -0.481. The highest BCUT2D eigenvalue weighted by molar-refractivity contribution is 5.98. The van der Waals surface area contributed by atoms with Gasteiger partial charge in [-0.1, -0.05) is 50.1 Å². The van der Waals surface area contributed by atoms with Crippen LogP contribution in [0.5, 0.6) is 0 Å². The van der Waals surface area contributed by atoms with Crippen LogP contribution in [0.3, 0.4) is 0 Å². The summed E-state index contributed by atoms with van der Waals surface area (Å²) in [6.45, 7) is 2.14. The van der Waals surface area contributed by atoms with Crippen molar-refractivity contribution in [1.82, 2.24) is 4.90 Å². The molecule has 0 spiro atoms. The molecule has 0 unspecified atom stereocenters. The molecule has 1 aliphatic heterocycles. The van der Waals surface area contributed by atoms with Crippen LogP contribution in [0.4, 0.5) is 0 Å². The van der Waals surface area contributed by atoms with Crippen LogP contribution in [0.15, 0.2) is 35.3 Å². The van der Waals surface area contributed by atoms with Gasteiger partial charge < -0.3 is 5.73 Å². The van der Waals surface area contributed by atoms with E-state index in [-0.39, 0.29) is 5.91 Å². The molecule has 1 aromatic rings. The van der Waals surface area contributed by atoms with Crippen molar-refractivity contribution in [3.63, 3.8) is 0 Å². The molecule has 1 aromatic carbocycles. The second kappa shape index (κ2) is 5.43. The van der Waals surface area contributed by atoms with Gasteiger partial charge in [0, 0.05) is 7.05 Å². The molecular formula is C15H21N3O. The number of nitrogens with two attached hydrogens (primary N) is 1. The largest absolute Gasteiger partial charge is 0.369 e. The van der Waals surface area contributed by atoms with Crippen molar-refractivity contribution in [2.45, 2.75) is 38.1 Å². The van der Waals surface area contributed by atoms with Crippen molar-refractivity contribution in [3.05, 3.63) is 35.9 Å². The average Bonchev–Trinajstić information content (AvgIpc) is 2.43. The number of carbonyl (C=O) groups is 1. The number of benzene rings is 1. The highest BCUT2D eigenvalue weighted by Gasteiger charge is 2.39. The van der Waals surface area contributed by atoms with E-state index in [4.69, 9.17) is 5.73 Å². The van der Waals surface area contributed by atoms with Gasteiger partial charge in [0.15, 0.2) is 5.96 Å². The van der Waals surface area contributed by atoms with E-state index >= 15 is 0 Å². The topological polar surface area (TPSA) is 58.7 Å². The van der Waals surface area contributed by atoms with Gasteiger partial charge in [-0.3, -0.25) is 9.69 Å². The standard InChI is InChI=1S/C15H21N3O/c1-3-4-10-15(12-8-6-5-7-9-12)11-13(19)18(2)14(16)17-15/h5-9H,3-4,10-11H2,1-2H3,(H2,16,17)/t15-/m1/s1. The van der Waals surface area contributed by atoms with Crippen molar-refractivity contribution in [2.75, 3.05) is 7.05 Å². The predicted molar refractivity (Wildman–Crippen MR) is 76.7 cm³/mol. The molecule has 4 heteroatoms. The molecule has 1 aliphatic rings. The number of aliphatic imine (C=N–C) groups is 1. The van der Waals surface area contributed by atoms with E-state index < -0.39 is 5.54 Å². The van der Waals surface area contributed by atoms with E-state index in [1.807, 2.05) is 30.3 Å². The number of hydrogen-bond donors (Lipinski definition) is 1. The van der Waals surface area contributed by atoms with Crippen molar-refractivity contribution < 1.29 is 4.79 Å². The molecule has 2 rings (SSSR count). The van der Waals surface area contributed by atoms with Gasteiger partial charge in [-0.2, -0.15) is 0 Å². The third-order valence-corrected chi connectivity index (χ3v) is 3.75. The van der Waals surface area contributed by atoms with Gasteiger partial charge in [0.25, 0.3) is 0 Å². The summed E-state index contributed by atoms with van der Waals surface area (Å²) in [7, 11) is 1.68. The lowest BCUT2D eigenvalue weighted by Crippen LogP contribution is -2.48. The number of amides is 1. The minimum Gasteiger partial charge on any atom is -0.369 e. The van der Waals surface area contributed by atoms with Crippen molar-refractivity contribution in [3.8, 4) is 0 Å². The van der Waals surface area contributed by atoms with Gasteiger partial charge in [0.1, 0.15) is 0 Å². The van der Waals surface area contributed by atoms with Crippen LogP contribution in [0.25, 0.3) is 0 Å². The van der Waals surface area contributed by atoms with E-state index in [0.29, 0.717) is 12.4 Å². The first-order valence-electron chi connectivity index (χ1n) is 6.76. The van der Waals surface area contributed by atoms with Crippen LogP contribution in [0.1, 0.15) is 38.2 Å². The van der Waals surface area contributed by atoms with Gasteiger partial charge in [-0.15, -0.1) is 0 Å². The maximum Gasteiger partial charge on any atom is 0.231 e. The normalized spacial score (nSPS) is 23.4. The summed E-state index contributed by atoms with van der Waals surface area (Å²) in [5.74, 6) is 0.351. The fourth-order valence-corrected chi connectivity index (χ4v) is 2.50. The first kappa shape index (κ1) is 13.6. The molecule has 1 atom stereocenters. The lowest BCUT2D eigenvalue weighted by molar-refractivity contribution is -0.128. The quantitative estimate of drug-likeness (QED) is 0.901. The molecule has 0 saturated heterocycles. The van der Waals surface area contributed by atoms with E-state index in [9.17, 15) is 4.79 Å². The Balaban J connectivity index is 2.44. The first-order chi connectivity index (χ1) is 9.09. The van der Waals surface area contributed by atoms with E-state index in [2.05, 4.69) is 11.9 Å². The number of unbranched alkanes of at least 4 members (excludes halogenated alkanes) is 1. The minimum absolute atomic E-state index is 0.0347. The second-order valence-electron chi connectivity index (χ2n) is 5.10. The molecule has 19 heavy (non-hydrogen) atoms. The molecule has 0 saturated carbocycles. The zero-order valence-corrected chi connectivity index (χ0v) is 11.6. The Labute approximate surface area is 114 Å². The van der Waals surface area contributed by atoms with Gasteiger partial charge in [0.05, 0.1) is 12.0 Å². The number of rotatable bonds is 4. The van der Waals surface area contributed by atoms with Crippen LogP contribution < -0.4 is 5.73 Å². The summed E-state index contributed by atoms with van der Waals surface area (Å²) in [6.07, 6.45) is 3.36. The highest BCUT2D eigenvalue weighted by Crippen LogP contribution is 2.37. The zero-order valence-electron chi connectivity index (χ0n) is 11.6. The summed E-state index contributed by atoms with van der Waals surface area (Å²) in [5, 5.41) is 0. The van der Waals surface area contributed by atoms with Crippen molar-refractivity contribution >= 4 is 11.9 Å². The fourth-order valence-electron chi connectivity index (χ4n) is 2.50. The average molecular weight is 259 g/mol. The molecule has 102 valence electrons. The summed E-state index contributed by atoms with van der Waals surface area (Å²) in [4.78, 5) is 18.2. The van der Waals surface area contributed by atoms with Crippen LogP contribution >= 0.6 is 0 Å². The number of nitrogens with zero attached hydrogens (tertiary/aromatic N) is 2. The molecule has 0 radical (unpaired) electrons. The van der Waals surface area contributed by atoms with Gasteiger partial charge in [-0.05, 0) is 12.0 Å². The Bertz CT molecular complexity index is 483. The molecular weight excluding hydrogens is 238 g/mol. The van der Waals surface area contributed by atoms with E-state index in [0.717, 1.165) is 24.8 Å². The Morgan fingerprint density at radius 3 is 2.63 bits per heavy atom. The number of hydrogen-bond acceptors (Lipinski definition) is 3. The van der Waals surface area contributed by atoms with Gasteiger partial charge >= 0.3 is 0 Å². The molecule has 0 aromatic heterocycles. The molecule has 4 nitrogen and oxygen atoms in total. The van der Waals surface area contributed by atoms with Crippen molar-refractivity contribution in [1.29, 1.82) is 0 Å². The second-order valence-corrected chi connectivity index (χ2v) is 5.10. The Kier molecular flexibility index (Phi) is 3.88. The summed E-state index contributed by atoms with van der Waals surface area (Å²) in [6, 6.07) is 10.0. The van der Waals surface area contributed by atoms with Crippen LogP contribution in [0.2, 0.25) is 0 Å². The maximum absolute atomic E-state index is 12.1. The molecule has 1 heterocycles. The lowest BCUT2D eigenvalue weighted by Gasteiger charge is -2.36. The molecule has 2 N–H and O–H groups in total. The lowest BCUT2D eigenvalue weighted by atomic mass is 9.81. The SMILES string of the molecule is CCCC[C@]1(c2ccccc2)CC(=O)N(C)C(N)=N1. The van der Waals surface area contributed by atoms with Crippen LogP contribution in [-0.4, -0.2) is 23.8 Å². The summed E-state index contributed by atoms with van der Waals surface area (Å²) in [5.41, 5.74) is 6.50. The third kappa shape index (κ3) is 2.62. The van der Waals surface area contributed by atoms with Crippen LogP contribution in [-0.2, 0) is 10.3 Å². The van der Waals surface area contributed by atoms with E-state index in [1.54, 1.807) is 7.05 Å². The smallest absolute Gasteiger partial charge is 0.231 e. The van der Waals surface area contributed by atoms with Gasteiger partial charge in [-0.25, -0.2) is 4.99 Å². The molecule has 1 amide bonds. The Hall–Kier alpha value is -1.84. The Morgan fingerprint density at radius 1 is 1.37 bits per heavy atom. The number of guanidine groups is 1. The van der Waals surface area contributed by atoms with E-state index in [1.165, 1.54) is 4.90 Å². The molecule has 0 fully saturated rings. The number of carbonyl (C=O) groups excluding carboxylic acids is 1. The van der Waals surface area contributed by atoms with Gasteiger partial charge in [0.2, 0.25) is 5.91 Å². The van der Waals surface area contributed by atoms with Crippen molar-refractivity contribution in [2.24, 2.45) is 10.7 Å².